The topological polar surface area (TPSA) is 55.6 Å². The molecule has 1 fully saturated rings. The van der Waals surface area contributed by atoms with Crippen LogP contribution in [0.25, 0.3) is 5.69 Å². The highest BCUT2D eigenvalue weighted by atomic mass is 35.5. The third-order valence-electron chi connectivity index (χ3n) is 5.53. The molecule has 1 aliphatic heterocycles. The molecular weight excluding hydrogens is 366 g/mol. The van der Waals surface area contributed by atoms with E-state index in [9.17, 15) is 0 Å². The minimum absolute atomic E-state index is 0.453. The average molecular weight is 386 g/mol. The molecule has 5 nitrogen and oxygen atoms in total. The van der Waals surface area contributed by atoms with Crippen molar-refractivity contribution in [3.63, 3.8) is 0 Å². The number of nitrogens with zero attached hydrogens (tertiary/aromatic N) is 4. The van der Waals surface area contributed by atoms with Crippen molar-refractivity contribution in [2.24, 2.45) is 0 Å². The minimum Gasteiger partial charge on any atom is -0.306 e. The van der Waals surface area contributed by atoms with Crippen molar-refractivity contribution in [3.8, 4) is 5.69 Å². The molecule has 26 heavy (non-hydrogen) atoms. The average Bonchev–Trinajstić information content (AvgIpc) is 3.30. The number of aromatic nitrogens is 4. The van der Waals surface area contributed by atoms with Gasteiger partial charge in [0, 0.05) is 35.0 Å². The van der Waals surface area contributed by atoms with Crippen LogP contribution in [0.2, 0.25) is 5.02 Å². The highest BCUT2D eigenvalue weighted by Crippen LogP contribution is 2.41. The predicted molar refractivity (Wildman–Crippen MR) is 103 cm³/mol. The third kappa shape index (κ3) is 2.86. The Hall–Kier alpha value is -1.76. The molecule has 0 unspecified atom stereocenters. The highest BCUT2D eigenvalue weighted by molar-refractivity contribution is 7.09. The first-order valence-corrected chi connectivity index (χ1v) is 10.4. The molecule has 7 heteroatoms. The Morgan fingerprint density at radius 2 is 1.92 bits per heavy atom. The van der Waals surface area contributed by atoms with Crippen LogP contribution in [0.4, 0.5) is 0 Å². The zero-order valence-corrected chi connectivity index (χ0v) is 15.9. The predicted octanol–water partition coefficient (Wildman–Crippen LogP) is 4.42. The first kappa shape index (κ1) is 16.4. The first-order valence-electron chi connectivity index (χ1n) is 9.12. The fourth-order valence-electron chi connectivity index (χ4n) is 4.23. The summed E-state index contributed by atoms with van der Waals surface area (Å²) in [4.78, 5) is 4.51. The van der Waals surface area contributed by atoms with Gasteiger partial charge in [0.2, 0.25) is 0 Å². The van der Waals surface area contributed by atoms with Crippen molar-refractivity contribution in [1.29, 1.82) is 0 Å². The molecule has 1 aliphatic carbocycles. The fourth-order valence-corrected chi connectivity index (χ4v) is 5.23. The Kier molecular flexibility index (Phi) is 4.27. The van der Waals surface area contributed by atoms with Gasteiger partial charge in [0.15, 0.2) is 5.82 Å². The molecule has 0 spiro atoms. The van der Waals surface area contributed by atoms with Gasteiger partial charge < -0.3 is 5.32 Å². The maximum Gasteiger partial charge on any atom is 0.151 e. The van der Waals surface area contributed by atoms with E-state index in [0.29, 0.717) is 11.8 Å². The van der Waals surface area contributed by atoms with Gasteiger partial charge in [0.05, 0.1) is 17.2 Å². The van der Waals surface area contributed by atoms with E-state index in [1.165, 1.54) is 23.4 Å². The van der Waals surface area contributed by atoms with Gasteiger partial charge in [-0.2, -0.15) is 0 Å². The number of halogens is 1. The number of benzene rings is 1. The number of rotatable bonds is 2. The number of hydrogen-bond acceptors (Lipinski definition) is 5. The van der Waals surface area contributed by atoms with E-state index in [2.05, 4.69) is 36.5 Å². The molecule has 0 radical (unpaired) electrons. The Labute approximate surface area is 161 Å². The number of fused-ring (bicyclic) bond motifs is 3. The van der Waals surface area contributed by atoms with Crippen molar-refractivity contribution in [1.82, 2.24) is 25.1 Å². The molecule has 1 aromatic carbocycles. The smallest absolute Gasteiger partial charge is 0.151 e. The molecule has 2 aromatic heterocycles. The maximum absolute atomic E-state index is 6.21. The lowest BCUT2D eigenvalue weighted by molar-refractivity contribution is 0.381. The van der Waals surface area contributed by atoms with Crippen LogP contribution in [0.15, 0.2) is 29.8 Å². The van der Waals surface area contributed by atoms with Crippen LogP contribution in [-0.4, -0.2) is 19.7 Å². The normalized spacial score (nSPS) is 22.5. The Balaban J connectivity index is 1.46. The summed E-state index contributed by atoms with van der Waals surface area (Å²) >= 11 is 7.99. The van der Waals surface area contributed by atoms with Crippen LogP contribution in [0, 0.1) is 0 Å². The molecule has 2 aliphatic rings. The van der Waals surface area contributed by atoms with Crippen molar-refractivity contribution < 1.29 is 0 Å². The summed E-state index contributed by atoms with van der Waals surface area (Å²) in [5.74, 6) is 3.15. The molecule has 1 N–H and O–H groups in total. The molecule has 3 heterocycles. The molecule has 3 aromatic rings. The van der Waals surface area contributed by atoms with Gasteiger partial charge in [-0.05, 0) is 49.4 Å². The van der Waals surface area contributed by atoms with Gasteiger partial charge >= 0.3 is 0 Å². The highest BCUT2D eigenvalue weighted by Gasteiger charge is 2.30. The molecular formula is C19H20ClN5S. The Bertz CT molecular complexity index is 912. The van der Waals surface area contributed by atoms with Gasteiger partial charge in [-0.25, -0.2) is 4.98 Å². The van der Waals surface area contributed by atoms with Crippen LogP contribution in [0.5, 0.6) is 0 Å². The lowest BCUT2D eigenvalue weighted by Gasteiger charge is -2.27. The molecule has 0 bridgehead atoms. The maximum atomic E-state index is 6.21. The Morgan fingerprint density at radius 3 is 2.73 bits per heavy atom. The monoisotopic (exact) mass is 385 g/mol. The molecule has 0 atom stereocenters. The number of nitrogens with one attached hydrogen (secondary N) is 1. The van der Waals surface area contributed by atoms with Crippen LogP contribution in [0.3, 0.4) is 0 Å². The molecule has 1 saturated carbocycles. The summed E-state index contributed by atoms with van der Waals surface area (Å²) in [6.07, 6.45) is 6.54. The molecule has 5 rings (SSSR count). The SMILES string of the molecule is Clc1ccc2c(c1)CNCc1nnc([C@H]3CC[C@H](c4nccs4)CC3)n1-2. The summed E-state index contributed by atoms with van der Waals surface area (Å²) in [5, 5.41) is 16.7. The van der Waals surface area contributed by atoms with Gasteiger partial charge in [-0.15, -0.1) is 21.5 Å². The Morgan fingerprint density at radius 1 is 1.08 bits per heavy atom. The van der Waals surface area contributed by atoms with Gasteiger partial charge in [-0.3, -0.25) is 4.57 Å². The van der Waals surface area contributed by atoms with Crippen molar-refractivity contribution >= 4 is 22.9 Å². The largest absolute Gasteiger partial charge is 0.306 e. The van der Waals surface area contributed by atoms with Crippen LogP contribution < -0.4 is 5.32 Å². The summed E-state index contributed by atoms with van der Waals surface area (Å²) in [6.45, 7) is 1.53. The van der Waals surface area contributed by atoms with Crippen LogP contribution in [-0.2, 0) is 13.1 Å². The zero-order valence-electron chi connectivity index (χ0n) is 14.4. The molecule has 134 valence electrons. The summed E-state index contributed by atoms with van der Waals surface area (Å²) in [5.41, 5.74) is 2.37. The summed E-state index contributed by atoms with van der Waals surface area (Å²) in [7, 11) is 0. The quantitative estimate of drug-likeness (QED) is 0.709. The van der Waals surface area contributed by atoms with Gasteiger partial charge in [0.1, 0.15) is 5.82 Å². The molecule has 0 saturated heterocycles. The lowest BCUT2D eigenvalue weighted by Crippen LogP contribution is -2.16. The third-order valence-corrected chi connectivity index (χ3v) is 6.70. The van der Waals surface area contributed by atoms with Crippen LogP contribution in [0.1, 0.15) is 59.7 Å². The van der Waals surface area contributed by atoms with Crippen molar-refractivity contribution in [2.45, 2.75) is 50.6 Å². The zero-order chi connectivity index (χ0) is 17.5. The van der Waals surface area contributed by atoms with E-state index < -0.39 is 0 Å². The minimum atomic E-state index is 0.453. The lowest BCUT2D eigenvalue weighted by atomic mass is 9.82. The van der Waals surface area contributed by atoms with Gasteiger partial charge in [0.25, 0.3) is 0 Å². The standard InChI is InChI=1S/C19H20ClN5S/c20-15-5-6-16-14(9-15)10-21-11-17-23-24-18(25(16)17)12-1-3-13(4-2-12)19-22-7-8-26-19/h5-9,12-13,21H,1-4,10-11H2/t12-,13-. The van der Waals surface area contributed by atoms with Gasteiger partial charge in [-0.1, -0.05) is 11.6 Å². The fraction of sp³-hybridized carbons (Fsp3) is 0.421. The van der Waals surface area contributed by atoms with E-state index in [1.54, 1.807) is 11.3 Å². The van der Waals surface area contributed by atoms with E-state index >= 15 is 0 Å². The first-order chi connectivity index (χ1) is 12.8. The van der Waals surface area contributed by atoms with E-state index in [1.807, 2.05) is 18.3 Å². The van der Waals surface area contributed by atoms with E-state index in [-0.39, 0.29) is 0 Å². The second kappa shape index (κ2) is 6.76. The number of thiazole rings is 1. The van der Waals surface area contributed by atoms with Crippen LogP contribution >= 0.6 is 22.9 Å². The van der Waals surface area contributed by atoms with Crippen molar-refractivity contribution in [2.75, 3.05) is 0 Å². The summed E-state index contributed by atoms with van der Waals surface area (Å²) in [6, 6.07) is 6.10. The van der Waals surface area contributed by atoms with E-state index in [4.69, 9.17) is 11.6 Å². The summed E-state index contributed by atoms with van der Waals surface area (Å²) < 4.78 is 2.26. The number of hydrogen-bond donors (Lipinski definition) is 1. The van der Waals surface area contributed by atoms with E-state index in [0.717, 1.165) is 48.3 Å². The van der Waals surface area contributed by atoms with Crippen molar-refractivity contribution in [3.05, 3.63) is 57.0 Å². The molecule has 0 amide bonds. The second-order valence-corrected chi connectivity index (χ2v) is 8.47. The second-order valence-electron chi connectivity index (χ2n) is 7.11.